The third-order valence-electron chi connectivity index (χ3n) is 14.7. The average Bonchev–Trinajstić information content (AvgIpc) is 0.673. The van der Waals surface area contributed by atoms with Crippen molar-refractivity contribution in [3.63, 3.8) is 0 Å². The zero-order valence-corrected chi connectivity index (χ0v) is 79.8. The summed E-state index contributed by atoms with van der Waals surface area (Å²) in [6.45, 7) is 116. The summed E-state index contributed by atoms with van der Waals surface area (Å²) in [6, 6.07) is 0. The fourth-order valence-corrected chi connectivity index (χ4v) is 11.9. The normalized spacial score (nSPS) is 24.4. The van der Waals surface area contributed by atoms with E-state index in [1.807, 2.05) is 346 Å². The summed E-state index contributed by atoms with van der Waals surface area (Å²) in [4.78, 5) is 25.6. The van der Waals surface area contributed by atoms with Gasteiger partial charge in [-0.05, 0) is 112 Å². The number of esters is 2. The number of carbonyl (C=O) groups is 2. The molecule has 0 amide bonds. The van der Waals surface area contributed by atoms with E-state index >= 15 is 0 Å². The Kier molecular flexibility index (Phi) is 173. The number of rotatable bonds is 6. The molecule has 97 heavy (non-hydrogen) atoms. The molecule has 5 aliphatic rings. The van der Waals surface area contributed by atoms with E-state index < -0.39 is 58.7 Å². The van der Waals surface area contributed by atoms with Gasteiger partial charge in [0.2, 0.25) is 0 Å². The third kappa shape index (κ3) is 52.6. The maximum absolute atomic E-state index is 13.0. The molecule has 3 unspecified atom stereocenters. The highest BCUT2D eigenvalue weighted by Crippen LogP contribution is 2.76. The fraction of sp³-hybridized carbons (Fsp3) is 0.910. The van der Waals surface area contributed by atoms with Gasteiger partial charge in [0.25, 0.3) is 0 Å². The minimum absolute atomic E-state index is 0.137. The molecule has 0 aromatic carbocycles. The Morgan fingerprint density at radius 1 is 0.454 bits per heavy atom. The van der Waals surface area contributed by atoms with Gasteiger partial charge < -0.3 is 29.9 Å². The molecule has 5 rings (SSSR count). The van der Waals surface area contributed by atoms with Crippen LogP contribution in [0, 0.1) is 50.2 Å². The van der Waals surface area contributed by atoms with E-state index in [1.54, 1.807) is 13.8 Å². The first-order chi connectivity index (χ1) is 46.5. The van der Waals surface area contributed by atoms with Crippen LogP contribution < -0.4 is 0 Å². The van der Waals surface area contributed by atoms with Crippen LogP contribution in [0.25, 0.3) is 0 Å². The maximum atomic E-state index is 13.0. The van der Waals surface area contributed by atoms with E-state index in [9.17, 15) is 30.0 Å². The highest BCUT2D eigenvalue weighted by Gasteiger charge is 2.73. The second kappa shape index (κ2) is 113. The average molecular weight is 1410 g/mol. The van der Waals surface area contributed by atoms with Crippen LogP contribution in [0.2, 0.25) is 0 Å². The van der Waals surface area contributed by atoms with Gasteiger partial charge in [0.15, 0.2) is 0 Å². The Hall–Kier alpha value is -2.00. The molecule has 4 saturated carbocycles. The predicted octanol–water partition coefficient (Wildman–Crippen LogP) is 31.1. The summed E-state index contributed by atoms with van der Waals surface area (Å²) in [5.41, 5.74) is -0.374. The van der Waals surface area contributed by atoms with Crippen LogP contribution in [0.4, 0.5) is 0 Å². The van der Waals surface area contributed by atoms with Gasteiger partial charge in [-0.15, -0.1) is 0 Å². The molecule has 0 aliphatic heterocycles. The quantitative estimate of drug-likeness (QED) is 0.117. The molecule has 4 N–H and O–H groups in total. The predicted molar refractivity (Wildman–Crippen MR) is 461 cm³/mol. The lowest BCUT2D eigenvalue weighted by molar-refractivity contribution is -0.263. The number of fused-ring (bicyclic) bond motifs is 7. The maximum Gasteiger partial charge on any atom is 0.331 e. The van der Waals surface area contributed by atoms with E-state index in [0.717, 1.165) is 36.8 Å². The van der Waals surface area contributed by atoms with E-state index in [0.29, 0.717) is 19.3 Å². The molecule has 0 aromatic heterocycles. The number of aliphatic hydroxyl groups excluding tert-OH is 4. The summed E-state index contributed by atoms with van der Waals surface area (Å²) in [6.07, 6.45) is 7.77. The molecule has 0 bridgehead atoms. The Labute approximate surface area is 624 Å². The number of hydrogen-bond acceptors (Lipinski definition) is 8. The fourth-order valence-electron chi connectivity index (χ4n) is 11.9. The topological polar surface area (TPSA) is 134 Å². The van der Waals surface area contributed by atoms with Crippen LogP contribution >= 0.6 is 0 Å². The summed E-state index contributed by atoms with van der Waals surface area (Å²) in [7, 11) is 0. The summed E-state index contributed by atoms with van der Waals surface area (Å²) in [5, 5.41) is 46.7. The number of allylic oxidation sites excluding steroid dienone is 4. The first kappa shape index (κ1) is 149. The molecule has 0 saturated heterocycles. The molecule has 8 heteroatoms. The van der Waals surface area contributed by atoms with Crippen molar-refractivity contribution in [2.45, 2.75) is 477 Å². The van der Waals surface area contributed by atoms with Crippen molar-refractivity contribution >= 4 is 11.9 Å². The molecule has 0 aromatic rings. The molecule has 4 fully saturated rings. The van der Waals surface area contributed by atoms with Crippen LogP contribution in [-0.2, 0) is 19.1 Å². The number of hydrogen-bond donors (Lipinski definition) is 4. The van der Waals surface area contributed by atoms with E-state index in [-0.39, 0.29) is 41.2 Å². The summed E-state index contributed by atoms with van der Waals surface area (Å²) < 4.78 is 11.8. The van der Waals surface area contributed by atoms with Gasteiger partial charge in [-0.3, -0.25) is 0 Å². The van der Waals surface area contributed by atoms with Crippen LogP contribution in [0.1, 0.15) is 453 Å². The van der Waals surface area contributed by atoms with Crippen LogP contribution in [0.5, 0.6) is 0 Å². The van der Waals surface area contributed by atoms with Crippen molar-refractivity contribution < 1.29 is 39.5 Å². The van der Waals surface area contributed by atoms with Gasteiger partial charge in [-0.25, -0.2) is 9.59 Å². The van der Waals surface area contributed by atoms with Crippen molar-refractivity contribution in [2.24, 2.45) is 50.2 Å². The Bertz CT molecular complexity index is 1410. The molecule has 12 atom stereocenters. The first-order valence-corrected chi connectivity index (χ1v) is 42.6. The van der Waals surface area contributed by atoms with Crippen molar-refractivity contribution in [2.75, 3.05) is 13.2 Å². The van der Waals surface area contributed by atoms with Gasteiger partial charge in [-0.1, -0.05) is 403 Å². The summed E-state index contributed by atoms with van der Waals surface area (Å²) in [5.74, 6) is -0.857. The smallest absolute Gasteiger partial charge is 0.331 e. The zero-order valence-electron chi connectivity index (χ0n) is 79.8. The second-order valence-corrected chi connectivity index (χ2v) is 19.2. The monoisotopic (exact) mass is 1410 g/mol. The highest BCUT2D eigenvalue weighted by atomic mass is 16.6. The lowest BCUT2D eigenvalue weighted by Gasteiger charge is -2.72. The molecule has 0 spiro atoms. The van der Waals surface area contributed by atoms with Gasteiger partial charge in [0.05, 0.1) is 36.9 Å². The lowest BCUT2D eigenvalue weighted by atomic mass is 9.33. The standard InChI is InChI=1S/C40H62O8.C3H8.23C2H6/c1-23(2)17-31(44)47-22-37(8)27-13-16-38(9)28(36(27,7)15-14-29(37)42)12-11-25-26-19-35(5,6)33(46)34(48-32(45)18-24(3)4)40(26,21-41)30(43)20-39(25,38)10;1-3-2;23*1-2/h11,17-18,26-30,33-34,41-43,46H,12-16,19-22H2,1-10H3;3H2,1-2H3;23*1-2H3/t26?,27?,28?,29-,30+,33-,34-,36-,37+,38+,39+,40-;;;;;;;;;;;;;;;;;;;;;;;;/m0......................../s1. The van der Waals surface area contributed by atoms with Crippen LogP contribution in [-0.4, -0.2) is 70.0 Å². The summed E-state index contributed by atoms with van der Waals surface area (Å²) >= 11 is 0. The van der Waals surface area contributed by atoms with Crippen LogP contribution in [0.15, 0.2) is 34.9 Å². The van der Waals surface area contributed by atoms with E-state index in [4.69, 9.17) is 9.47 Å². The minimum Gasteiger partial charge on any atom is -0.462 e. The van der Waals surface area contributed by atoms with E-state index in [2.05, 4.69) is 47.6 Å². The Morgan fingerprint density at radius 3 is 1.06 bits per heavy atom. The number of ether oxygens (including phenoxy) is 2. The van der Waals surface area contributed by atoms with Crippen molar-refractivity contribution in [1.29, 1.82) is 0 Å². The molecule has 0 heterocycles. The van der Waals surface area contributed by atoms with Crippen molar-refractivity contribution in [3.8, 4) is 0 Å². The molecule has 612 valence electrons. The first-order valence-electron chi connectivity index (χ1n) is 42.6. The van der Waals surface area contributed by atoms with Gasteiger partial charge in [0.1, 0.15) is 6.10 Å². The largest absolute Gasteiger partial charge is 0.462 e. The van der Waals surface area contributed by atoms with E-state index in [1.165, 1.54) is 24.1 Å². The molecular formula is C89H208O8. The molecule has 5 aliphatic carbocycles. The third-order valence-corrected chi connectivity index (χ3v) is 14.7. The number of carbonyl (C=O) groups excluding carboxylic acids is 2. The van der Waals surface area contributed by atoms with Gasteiger partial charge >= 0.3 is 11.9 Å². The zero-order chi connectivity index (χ0) is 84.5. The highest BCUT2D eigenvalue weighted by molar-refractivity contribution is 5.83. The lowest BCUT2D eigenvalue weighted by Crippen LogP contribution is -2.72. The minimum atomic E-state index is -1.24. The number of aliphatic hydroxyl groups is 4. The Balaban J connectivity index is -0.0000000567. The Morgan fingerprint density at radius 2 is 0.763 bits per heavy atom. The molecular weight excluding hydrogens is 1200 g/mol. The van der Waals surface area contributed by atoms with Gasteiger partial charge in [0, 0.05) is 17.6 Å². The van der Waals surface area contributed by atoms with Gasteiger partial charge in [-0.2, -0.15) is 0 Å². The van der Waals surface area contributed by atoms with Crippen LogP contribution in [0.3, 0.4) is 0 Å². The second-order valence-electron chi connectivity index (χ2n) is 19.2. The molecule has 8 nitrogen and oxygen atoms in total. The van der Waals surface area contributed by atoms with Crippen molar-refractivity contribution in [1.82, 2.24) is 0 Å². The SMILES string of the molecule is CC.CC.CC.CC.CC.CC.CC.CC.CC.CC.CC.CC.CC.CC.CC.CC.CC.CC.CC.CC.CC.CC.CC.CC(C)=CC(=O)OC[C@]1(C)C2CC[C@]3(C)C(CC=C4C5CC(C)(C)[C@@H](O)[C@H](OC(=O)C=C(C)C)[C@]5(CO)[C@H](O)C[C@]43C)[C@@]2(C)CC[C@@H]1O.CCC. The molecule has 0 radical (unpaired) electrons. The van der Waals surface area contributed by atoms with Crippen molar-refractivity contribution in [3.05, 3.63) is 34.9 Å².